The predicted molar refractivity (Wildman–Crippen MR) is 89.4 cm³/mol. The van der Waals surface area contributed by atoms with Gasteiger partial charge in [-0.25, -0.2) is 0 Å². The van der Waals surface area contributed by atoms with E-state index in [0.29, 0.717) is 12.4 Å². The summed E-state index contributed by atoms with van der Waals surface area (Å²) in [4.78, 5) is 11.6. The average Bonchev–Trinajstić information content (AvgIpc) is 2.93. The van der Waals surface area contributed by atoms with Gasteiger partial charge in [0, 0.05) is 11.4 Å². The molecule has 0 saturated carbocycles. The molecule has 2 aromatic carbocycles. The zero-order valence-corrected chi connectivity index (χ0v) is 13.2. The van der Waals surface area contributed by atoms with Crippen molar-refractivity contribution in [2.75, 3.05) is 0 Å². The smallest absolute Gasteiger partial charge is 0.269 e. The molecule has 1 aromatic heterocycles. The molecule has 3 aromatic rings. The number of ether oxygens (including phenoxy) is 1. The summed E-state index contributed by atoms with van der Waals surface area (Å²) in [6.45, 7) is 4.49. The van der Waals surface area contributed by atoms with Crippen LogP contribution in [0.5, 0.6) is 5.75 Å². The Morgan fingerprint density at radius 1 is 1.22 bits per heavy atom. The number of primary amides is 1. The molecule has 118 valence electrons. The average molecular weight is 309 g/mol. The van der Waals surface area contributed by atoms with E-state index in [9.17, 15) is 4.79 Å². The third-order valence-electron chi connectivity index (χ3n) is 3.65. The van der Waals surface area contributed by atoms with E-state index in [2.05, 4.69) is 5.10 Å². The Morgan fingerprint density at radius 2 is 1.96 bits per heavy atom. The summed E-state index contributed by atoms with van der Waals surface area (Å²) < 4.78 is 7.62. The highest BCUT2D eigenvalue weighted by atomic mass is 16.5. The van der Waals surface area contributed by atoms with Crippen LogP contribution < -0.4 is 10.5 Å². The van der Waals surface area contributed by atoms with Gasteiger partial charge >= 0.3 is 0 Å². The van der Waals surface area contributed by atoms with E-state index < -0.39 is 5.91 Å². The molecule has 0 aliphatic rings. The minimum Gasteiger partial charge on any atom is -0.489 e. The van der Waals surface area contributed by atoms with E-state index in [1.165, 1.54) is 0 Å². The summed E-state index contributed by atoms with van der Waals surface area (Å²) in [6, 6.07) is 15.7. The van der Waals surface area contributed by atoms with Crippen LogP contribution in [0.2, 0.25) is 0 Å². The highest BCUT2D eigenvalue weighted by Crippen LogP contribution is 2.26. The number of fused-ring (bicyclic) bond motifs is 1. The third kappa shape index (κ3) is 3.04. The molecule has 0 spiro atoms. The number of carbonyl (C=O) groups excluding carboxylic acids is 1. The van der Waals surface area contributed by atoms with Crippen LogP contribution in [-0.4, -0.2) is 15.7 Å². The Morgan fingerprint density at radius 3 is 2.61 bits per heavy atom. The maximum Gasteiger partial charge on any atom is 0.269 e. The lowest BCUT2D eigenvalue weighted by molar-refractivity contribution is 0.0996. The number of rotatable bonds is 5. The van der Waals surface area contributed by atoms with Gasteiger partial charge < -0.3 is 10.5 Å². The van der Waals surface area contributed by atoms with E-state index in [4.69, 9.17) is 10.5 Å². The fraction of sp³-hybridized carbons (Fsp3) is 0.222. The molecular weight excluding hydrogens is 290 g/mol. The van der Waals surface area contributed by atoms with Crippen LogP contribution >= 0.6 is 0 Å². The zero-order chi connectivity index (χ0) is 16.4. The van der Waals surface area contributed by atoms with Crippen molar-refractivity contribution in [3.63, 3.8) is 0 Å². The summed E-state index contributed by atoms with van der Waals surface area (Å²) in [5, 5.41) is 5.05. The minimum absolute atomic E-state index is 0.140. The number of benzene rings is 2. The quantitative estimate of drug-likeness (QED) is 0.786. The molecule has 0 fully saturated rings. The van der Waals surface area contributed by atoms with E-state index in [1.54, 1.807) is 4.68 Å². The predicted octanol–water partition coefficient (Wildman–Crippen LogP) is 3.30. The van der Waals surface area contributed by atoms with Gasteiger partial charge in [-0.3, -0.25) is 9.48 Å². The first kappa shape index (κ1) is 15.1. The number of aromatic nitrogens is 2. The van der Waals surface area contributed by atoms with Crippen LogP contribution in [0.15, 0.2) is 48.5 Å². The van der Waals surface area contributed by atoms with Gasteiger partial charge in [0.1, 0.15) is 12.4 Å². The molecule has 2 N–H and O–H groups in total. The van der Waals surface area contributed by atoms with E-state index in [0.717, 1.165) is 16.5 Å². The second kappa shape index (κ2) is 6.12. The van der Waals surface area contributed by atoms with Gasteiger partial charge in [0.2, 0.25) is 0 Å². The molecule has 0 saturated heterocycles. The van der Waals surface area contributed by atoms with Gasteiger partial charge in [-0.2, -0.15) is 5.10 Å². The summed E-state index contributed by atoms with van der Waals surface area (Å²) in [7, 11) is 0. The van der Waals surface area contributed by atoms with Crippen LogP contribution in [0.4, 0.5) is 0 Å². The van der Waals surface area contributed by atoms with Gasteiger partial charge in [0.25, 0.3) is 5.91 Å². The van der Waals surface area contributed by atoms with Crippen LogP contribution in [0, 0.1) is 0 Å². The normalized spacial score (nSPS) is 11.1. The molecule has 5 heteroatoms. The summed E-state index contributed by atoms with van der Waals surface area (Å²) in [5.41, 5.74) is 7.69. The van der Waals surface area contributed by atoms with Crippen LogP contribution in [0.25, 0.3) is 10.9 Å². The van der Waals surface area contributed by atoms with E-state index in [1.807, 2.05) is 62.4 Å². The largest absolute Gasteiger partial charge is 0.489 e. The van der Waals surface area contributed by atoms with Gasteiger partial charge in [-0.05, 0) is 37.6 Å². The standard InChI is InChI=1S/C18H19N3O2/c1-12(2)21-16-9-8-14(10-15(16)17(20-21)18(19)22)23-11-13-6-4-3-5-7-13/h3-10,12H,11H2,1-2H3,(H2,19,22). The van der Waals surface area contributed by atoms with Crippen molar-refractivity contribution < 1.29 is 9.53 Å². The number of carbonyl (C=O) groups is 1. The molecule has 0 unspecified atom stereocenters. The fourth-order valence-electron chi connectivity index (χ4n) is 2.53. The van der Waals surface area contributed by atoms with Crippen LogP contribution in [0.1, 0.15) is 35.9 Å². The summed E-state index contributed by atoms with van der Waals surface area (Å²) in [5.74, 6) is 0.154. The number of nitrogens with two attached hydrogens (primary N) is 1. The molecule has 1 amide bonds. The Bertz CT molecular complexity index is 838. The summed E-state index contributed by atoms with van der Waals surface area (Å²) in [6.07, 6.45) is 0. The van der Waals surface area contributed by atoms with Gasteiger partial charge in [0.05, 0.1) is 5.52 Å². The Labute approximate surface area is 134 Å². The van der Waals surface area contributed by atoms with Gasteiger partial charge in [-0.1, -0.05) is 30.3 Å². The lowest BCUT2D eigenvalue weighted by Gasteiger charge is -2.08. The van der Waals surface area contributed by atoms with Gasteiger partial charge in [-0.15, -0.1) is 0 Å². The van der Waals surface area contributed by atoms with Crippen LogP contribution in [-0.2, 0) is 6.61 Å². The first-order valence-electron chi connectivity index (χ1n) is 7.55. The Hall–Kier alpha value is -2.82. The molecule has 3 rings (SSSR count). The molecule has 0 bridgehead atoms. The lowest BCUT2D eigenvalue weighted by Crippen LogP contribution is -2.13. The Kier molecular flexibility index (Phi) is 4.02. The highest BCUT2D eigenvalue weighted by molar-refractivity contribution is 6.04. The van der Waals surface area contributed by atoms with Crippen LogP contribution in [0.3, 0.4) is 0 Å². The Balaban J connectivity index is 1.94. The third-order valence-corrected chi connectivity index (χ3v) is 3.65. The van der Waals surface area contributed by atoms with Crippen molar-refractivity contribution in [1.29, 1.82) is 0 Å². The number of nitrogens with zero attached hydrogens (tertiary/aromatic N) is 2. The lowest BCUT2D eigenvalue weighted by atomic mass is 10.2. The minimum atomic E-state index is -0.533. The van der Waals surface area contributed by atoms with Crippen molar-refractivity contribution in [1.82, 2.24) is 9.78 Å². The highest BCUT2D eigenvalue weighted by Gasteiger charge is 2.17. The number of amides is 1. The molecule has 5 nitrogen and oxygen atoms in total. The van der Waals surface area contributed by atoms with E-state index in [-0.39, 0.29) is 11.7 Å². The molecular formula is C18H19N3O2. The van der Waals surface area contributed by atoms with Crippen molar-refractivity contribution in [3.8, 4) is 5.75 Å². The SMILES string of the molecule is CC(C)n1nc(C(N)=O)c2cc(OCc3ccccc3)ccc21. The van der Waals surface area contributed by atoms with Crippen molar-refractivity contribution in [3.05, 3.63) is 59.8 Å². The first-order chi connectivity index (χ1) is 11.1. The number of hydrogen-bond acceptors (Lipinski definition) is 3. The fourth-order valence-corrected chi connectivity index (χ4v) is 2.53. The molecule has 0 atom stereocenters. The van der Waals surface area contributed by atoms with Crippen molar-refractivity contribution >= 4 is 16.8 Å². The molecule has 23 heavy (non-hydrogen) atoms. The molecule has 0 aliphatic heterocycles. The maximum absolute atomic E-state index is 11.6. The maximum atomic E-state index is 11.6. The van der Waals surface area contributed by atoms with Crippen molar-refractivity contribution in [2.24, 2.45) is 5.73 Å². The van der Waals surface area contributed by atoms with Gasteiger partial charge in [0.15, 0.2) is 5.69 Å². The molecule has 1 heterocycles. The second-order valence-corrected chi connectivity index (χ2v) is 5.70. The molecule has 0 aliphatic carbocycles. The molecule has 0 radical (unpaired) electrons. The zero-order valence-electron chi connectivity index (χ0n) is 13.2. The monoisotopic (exact) mass is 309 g/mol. The topological polar surface area (TPSA) is 70.1 Å². The van der Waals surface area contributed by atoms with E-state index >= 15 is 0 Å². The number of hydrogen-bond donors (Lipinski definition) is 1. The first-order valence-corrected chi connectivity index (χ1v) is 7.55. The summed E-state index contributed by atoms with van der Waals surface area (Å²) >= 11 is 0. The van der Waals surface area contributed by atoms with Crippen molar-refractivity contribution in [2.45, 2.75) is 26.5 Å². The second-order valence-electron chi connectivity index (χ2n) is 5.70.